The summed E-state index contributed by atoms with van der Waals surface area (Å²) in [6.07, 6.45) is 0. The van der Waals surface area contributed by atoms with E-state index in [0.29, 0.717) is 0 Å². The van der Waals surface area contributed by atoms with Crippen LogP contribution in [0.25, 0.3) is 0 Å². The number of hydrogen-bond acceptors (Lipinski definition) is 3. The summed E-state index contributed by atoms with van der Waals surface area (Å²) in [6, 6.07) is 9.73. The highest BCUT2D eigenvalue weighted by molar-refractivity contribution is 6.50. The Hall–Kier alpha value is -2.62. The molecular formula is C17H13FO3. The lowest BCUT2D eigenvalue weighted by atomic mass is 9.95. The highest BCUT2D eigenvalue weighted by atomic mass is 19.1. The zero-order valence-electron chi connectivity index (χ0n) is 11.6. The van der Waals surface area contributed by atoms with Crippen LogP contribution in [0.5, 0.6) is 0 Å². The monoisotopic (exact) mass is 284 g/mol. The molecule has 0 aromatic heterocycles. The van der Waals surface area contributed by atoms with Crippen LogP contribution in [0.3, 0.4) is 0 Å². The van der Waals surface area contributed by atoms with Gasteiger partial charge in [-0.05, 0) is 32.0 Å². The standard InChI is InChI=1S/C17H13FO3/c1-10-3-5-12(6-4-10)16(20)17(21)14-8-7-13(18)9-15(14)11(2)19/h3-9H,1-2H3. The van der Waals surface area contributed by atoms with Crippen molar-refractivity contribution in [1.82, 2.24) is 0 Å². The molecule has 0 heterocycles. The van der Waals surface area contributed by atoms with Crippen molar-refractivity contribution in [3.63, 3.8) is 0 Å². The highest BCUT2D eigenvalue weighted by Gasteiger charge is 2.22. The number of benzene rings is 2. The molecule has 0 aliphatic carbocycles. The van der Waals surface area contributed by atoms with Gasteiger partial charge in [-0.2, -0.15) is 0 Å². The summed E-state index contributed by atoms with van der Waals surface area (Å²) in [5, 5.41) is 0. The van der Waals surface area contributed by atoms with Crippen LogP contribution in [0.4, 0.5) is 4.39 Å². The normalized spacial score (nSPS) is 10.2. The fourth-order valence-electron chi connectivity index (χ4n) is 1.96. The first-order chi connectivity index (χ1) is 9.90. The smallest absolute Gasteiger partial charge is 0.234 e. The average molecular weight is 284 g/mol. The van der Waals surface area contributed by atoms with Gasteiger partial charge in [-0.3, -0.25) is 14.4 Å². The Morgan fingerprint density at radius 1 is 0.857 bits per heavy atom. The third-order valence-corrected chi connectivity index (χ3v) is 3.13. The second-order valence-electron chi connectivity index (χ2n) is 4.77. The molecule has 0 radical (unpaired) electrons. The van der Waals surface area contributed by atoms with Crippen molar-refractivity contribution < 1.29 is 18.8 Å². The summed E-state index contributed by atoms with van der Waals surface area (Å²) in [5.74, 6) is -2.62. The van der Waals surface area contributed by atoms with E-state index in [1.807, 2.05) is 6.92 Å². The molecule has 0 N–H and O–H groups in total. The van der Waals surface area contributed by atoms with Crippen LogP contribution < -0.4 is 0 Å². The summed E-state index contributed by atoms with van der Waals surface area (Å²) in [6.45, 7) is 3.09. The number of ketones is 3. The number of halogens is 1. The fraction of sp³-hybridized carbons (Fsp3) is 0.118. The molecular weight excluding hydrogens is 271 g/mol. The van der Waals surface area contributed by atoms with Crippen molar-refractivity contribution in [3.05, 3.63) is 70.5 Å². The van der Waals surface area contributed by atoms with Crippen molar-refractivity contribution in [3.8, 4) is 0 Å². The van der Waals surface area contributed by atoms with Gasteiger partial charge in [0.15, 0.2) is 5.78 Å². The van der Waals surface area contributed by atoms with Gasteiger partial charge >= 0.3 is 0 Å². The number of carbonyl (C=O) groups excluding carboxylic acids is 3. The van der Waals surface area contributed by atoms with Gasteiger partial charge in [0.25, 0.3) is 0 Å². The van der Waals surface area contributed by atoms with Gasteiger partial charge < -0.3 is 0 Å². The van der Waals surface area contributed by atoms with Gasteiger partial charge in [0.05, 0.1) is 0 Å². The quantitative estimate of drug-likeness (QED) is 0.638. The summed E-state index contributed by atoms with van der Waals surface area (Å²) in [4.78, 5) is 35.9. The zero-order valence-corrected chi connectivity index (χ0v) is 11.6. The molecule has 21 heavy (non-hydrogen) atoms. The second kappa shape index (κ2) is 5.79. The number of hydrogen-bond donors (Lipinski definition) is 0. The molecule has 0 saturated heterocycles. The topological polar surface area (TPSA) is 51.2 Å². The predicted octanol–water partition coefficient (Wildman–Crippen LogP) is 3.40. The van der Waals surface area contributed by atoms with E-state index in [9.17, 15) is 18.8 Å². The van der Waals surface area contributed by atoms with Crippen molar-refractivity contribution in [2.45, 2.75) is 13.8 Å². The minimum absolute atomic E-state index is 0.0746. The van der Waals surface area contributed by atoms with E-state index in [2.05, 4.69) is 0 Å². The molecule has 106 valence electrons. The van der Waals surface area contributed by atoms with Crippen LogP contribution in [-0.2, 0) is 0 Å². The third kappa shape index (κ3) is 3.11. The molecule has 0 spiro atoms. The molecule has 0 saturated carbocycles. The highest BCUT2D eigenvalue weighted by Crippen LogP contribution is 2.16. The van der Waals surface area contributed by atoms with Crippen LogP contribution in [0, 0.1) is 12.7 Å². The predicted molar refractivity (Wildman–Crippen MR) is 76.2 cm³/mol. The molecule has 0 fully saturated rings. The van der Waals surface area contributed by atoms with E-state index in [1.165, 1.54) is 13.0 Å². The molecule has 2 aromatic rings. The maximum Gasteiger partial charge on any atom is 0.234 e. The van der Waals surface area contributed by atoms with Gasteiger partial charge in [0.1, 0.15) is 5.82 Å². The Labute approximate surface area is 121 Å². The van der Waals surface area contributed by atoms with Crippen LogP contribution in [0.15, 0.2) is 42.5 Å². The maximum absolute atomic E-state index is 13.2. The molecule has 0 aliphatic rings. The molecule has 4 heteroatoms. The van der Waals surface area contributed by atoms with E-state index < -0.39 is 23.2 Å². The molecule has 0 bridgehead atoms. The van der Waals surface area contributed by atoms with E-state index in [0.717, 1.165) is 17.7 Å². The first-order valence-electron chi connectivity index (χ1n) is 6.36. The second-order valence-corrected chi connectivity index (χ2v) is 4.77. The Kier molecular flexibility index (Phi) is 4.08. The summed E-state index contributed by atoms with van der Waals surface area (Å²) < 4.78 is 13.2. The fourth-order valence-corrected chi connectivity index (χ4v) is 1.96. The Balaban J connectivity index is 2.42. The number of carbonyl (C=O) groups is 3. The lowest BCUT2D eigenvalue weighted by Gasteiger charge is -2.06. The van der Waals surface area contributed by atoms with Gasteiger partial charge in [0, 0.05) is 16.7 Å². The molecule has 2 aromatic carbocycles. The first kappa shape index (κ1) is 14.8. The van der Waals surface area contributed by atoms with Crippen molar-refractivity contribution >= 4 is 17.3 Å². The van der Waals surface area contributed by atoms with E-state index in [4.69, 9.17) is 0 Å². The summed E-state index contributed by atoms with van der Waals surface area (Å²) in [7, 11) is 0. The van der Waals surface area contributed by atoms with Gasteiger partial charge in [-0.1, -0.05) is 29.8 Å². The number of rotatable bonds is 4. The number of Topliss-reactive ketones (excluding diaryl/α,β-unsaturated/α-hetero) is 3. The molecule has 0 aliphatic heterocycles. The Morgan fingerprint density at radius 2 is 1.48 bits per heavy atom. The lowest BCUT2D eigenvalue weighted by Crippen LogP contribution is -2.17. The Morgan fingerprint density at radius 3 is 2.05 bits per heavy atom. The van der Waals surface area contributed by atoms with Crippen LogP contribution >= 0.6 is 0 Å². The van der Waals surface area contributed by atoms with Crippen molar-refractivity contribution in [1.29, 1.82) is 0 Å². The third-order valence-electron chi connectivity index (χ3n) is 3.13. The average Bonchev–Trinajstić information content (AvgIpc) is 2.46. The van der Waals surface area contributed by atoms with Crippen molar-refractivity contribution in [2.75, 3.05) is 0 Å². The maximum atomic E-state index is 13.2. The molecule has 3 nitrogen and oxygen atoms in total. The SMILES string of the molecule is CC(=O)c1cc(F)ccc1C(=O)C(=O)c1ccc(C)cc1. The first-order valence-corrected chi connectivity index (χ1v) is 6.36. The largest absolute Gasteiger partial charge is 0.294 e. The van der Waals surface area contributed by atoms with Crippen LogP contribution in [-0.4, -0.2) is 17.3 Å². The minimum Gasteiger partial charge on any atom is -0.294 e. The van der Waals surface area contributed by atoms with Gasteiger partial charge in [-0.25, -0.2) is 4.39 Å². The molecule has 0 unspecified atom stereocenters. The molecule has 0 atom stereocenters. The number of aryl methyl sites for hydroxylation is 1. The molecule has 2 rings (SSSR count). The summed E-state index contributed by atoms with van der Waals surface area (Å²) >= 11 is 0. The van der Waals surface area contributed by atoms with Crippen molar-refractivity contribution in [2.24, 2.45) is 0 Å². The minimum atomic E-state index is -0.816. The van der Waals surface area contributed by atoms with Gasteiger partial charge in [0.2, 0.25) is 11.6 Å². The molecule has 0 amide bonds. The Bertz CT molecular complexity index is 730. The van der Waals surface area contributed by atoms with Crippen LogP contribution in [0.2, 0.25) is 0 Å². The van der Waals surface area contributed by atoms with Gasteiger partial charge in [-0.15, -0.1) is 0 Å². The zero-order chi connectivity index (χ0) is 15.6. The lowest BCUT2D eigenvalue weighted by molar-refractivity contribution is 0.0815. The summed E-state index contributed by atoms with van der Waals surface area (Å²) in [5.41, 5.74) is 1.05. The van der Waals surface area contributed by atoms with E-state index >= 15 is 0 Å². The van der Waals surface area contributed by atoms with E-state index in [-0.39, 0.29) is 16.7 Å². The van der Waals surface area contributed by atoms with Crippen LogP contribution in [0.1, 0.15) is 43.6 Å². The van der Waals surface area contributed by atoms with E-state index in [1.54, 1.807) is 24.3 Å².